The zero-order valence-electron chi connectivity index (χ0n) is 6.68. The Morgan fingerprint density at radius 2 is 2.50 bits per heavy atom. The van der Waals surface area contributed by atoms with Crippen LogP contribution in [-0.2, 0) is 4.74 Å². The Kier molecular flexibility index (Phi) is 3.20. The van der Waals surface area contributed by atoms with Crippen LogP contribution >= 0.6 is 0 Å². The number of hydrogen-bond donors (Lipinski definition) is 0. The molecular formula is C9H16O. The minimum absolute atomic E-state index is 0.428. The van der Waals surface area contributed by atoms with Crippen LogP contribution in [0.4, 0.5) is 0 Å². The molecule has 2 atom stereocenters. The van der Waals surface area contributed by atoms with Crippen molar-refractivity contribution in [3.05, 3.63) is 13.3 Å². The summed E-state index contributed by atoms with van der Waals surface area (Å²) in [6.45, 7) is 6.77. The number of hydrogen-bond acceptors (Lipinski definition) is 1. The molecule has 1 aliphatic rings. The molecule has 1 saturated carbocycles. The second-order valence-corrected chi connectivity index (χ2v) is 2.86. The summed E-state index contributed by atoms with van der Waals surface area (Å²) in [5.41, 5.74) is 0. The zero-order chi connectivity index (χ0) is 7.40. The maximum absolute atomic E-state index is 5.45. The average molecular weight is 140 g/mol. The van der Waals surface area contributed by atoms with Crippen molar-refractivity contribution in [1.29, 1.82) is 0 Å². The molecule has 0 saturated heterocycles. The van der Waals surface area contributed by atoms with Gasteiger partial charge >= 0.3 is 0 Å². The van der Waals surface area contributed by atoms with Crippen LogP contribution in [0.2, 0.25) is 0 Å². The summed E-state index contributed by atoms with van der Waals surface area (Å²) >= 11 is 0. The van der Waals surface area contributed by atoms with Gasteiger partial charge in [0.15, 0.2) is 0 Å². The molecule has 58 valence electrons. The van der Waals surface area contributed by atoms with Crippen LogP contribution in [0.25, 0.3) is 0 Å². The molecule has 0 spiro atoms. The Morgan fingerprint density at radius 3 is 3.00 bits per heavy atom. The smallest absolute Gasteiger partial charge is 0.0609 e. The van der Waals surface area contributed by atoms with Gasteiger partial charge in [-0.1, -0.05) is 13.3 Å². The van der Waals surface area contributed by atoms with E-state index in [2.05, 4.69) is 13.3 Å². The van der Waals surface area contributed by atoms with E-state index in [9.17, 15) is 0 Å². The number of rotatable bonds is 3. The third-order valence-corrected chi connectivity index (χ3v) is 2.09. The summed E-state index contributed by atoms with van der Waals surface area (Å²) in [4.78, 5) is 0. The fourth-order valence-electron chi connectivity index (χ4n) is 1.45. The second-order valence-electron chi connectivity index (χ2n) is 2.86. The lowest BCUT2D eigenvalue weighted by Gasteiger charge is -2.08. The van der Waals surface area contributed by atoms with E-state index in [1.165, 1.54) is 12.8 Å². The van der Waals surface area contributed by atoms with Crippen molar-refractivity contribution in [2.75, 3.05) is 6.61 Å². The lowest BCUT2D eigenvalue weighted by Crippen LogP contribution is -2.08. The standard InChI is InChI=1S/C9H16O/c1-3-8-5-6-9(7-8)10-4-2/h6,8-9H,1,3-5,7H2,2H3. The first kappa shape index (κ1) is 8.06. The van der Waals surface area contributed by atoms with E-state index in [1.54, 1.807) is 0 Å². The van der Waals surface area contributed by atoms with Crippen molar-refractivity contribution in [2.24, 2.45) is 5.92 Å². The summed E-state index contributed by atoms with van der Waals surface area (Å²) in [6.07, 6.45) is 6.15. The van der Waals surface area contributed by atoms with E-state index >= 15 is 0 Å². The molecule has 1 fully saturated rings. The van der Waals surface area contributed by atoms with Crippen molar-refractivity contribution in [1.82, 2.24) is 0 Å². The molecule has 0 amide bonds. The van der Waals surface area contributed by atoms with E-state index in [4.69, 9.17) is 4.74 Å². The Bertz CT molecular complexity index is 90.7. The highest BCUT2D eigenvalue weighted by atomic mass is 16.5. The summed E-state index contributed by atoms with van der Waals surface area (Å²) in [5, 5.41) is 0. The van der Waals surface area contributed by atoms with Gasteiger partial charge in [0.25, 0.3) is 0 Å². The van der Waals surface area contributed by atoms with Crippen molar-refractivity contribution < 1.29 is 4.74 Å². The number of ether oxygens (including phenoxy) is 1. The summed E-state index contributed by atoms with van der Waals surface area (Å²) in [5.74, 6) is 0.788. The quantitative estimate of drug-likeness (QED) is 0.584. The predicted octanol–water partition coefficient (Wildman–Crippen LogP) is 2.23. The third-order valence-electron chi connectivity index (χ3n) is 2.09. The van der Waals surface area contributed by atoms with Crippen LogP contribution in [-0.4, -0.2) is 12.7 Å². The molecule has 0 N–H and O–H groups in total. The van der Waals surface area contributed by atoms with Gasteiger partial charge in [-0.3, -0.25) is 0 Å². The van der Waals surface area contributed by atoms with Crippen molar-refractivity contribution >= 4 is 0 Å². The van der Waals surface area contributed by atoms with Gasteiger partial charge in [0, 0.05) is 6.61 Å². The topological polar surface area (TPSA) is 9.23 Å². The van der Waals surface area contributed by atoms with Crippen molar-refractivity contribution in [3.63, 3.8) is 0 Å². The maximum Gasteiger partial charge on any atom is 0.0609 e. The van der Waals surface area contributed by atoms with E-state index in [-0.39, 0.29) is 0 Å². The molecule has 0 heterocycles. The van der Waals surface area contributed by atoms with E-state index in [1.807, 2.05) is 6.92 Å². The molecule has 0 aromatic carbocycles. The Hall–Kier alpha value is -0.0400. The van der Waals surface area contributed by atoms with Gasteiger partial charge < -0.3 is 4.74 Å². The molecule has 0 aromatic heterocycles. The van der Waals surface area contributed by atoms with Crippen LogP contribution < -0.4 is 0 Å². The molecule has 2 unspecified atom stereocenters. The molecule has 2 radical (unpaired) electrons. The highest BCUT2D eigenvalue weighted by Crippen LogP contribution is 2.28. The molecule has 0 bridgehead atoms. The first-order valence-electron chi connectivity index (χ1n) is 4.11. The van der Waals surface area contributed by atoms with Crippen LogP contribution in [0, 0.1) is 19.3 Å². The third kappa shape index (κ3) is 1.98. The highest BCUT2D eigenvalue weighted by molar-refractivity contribution is 4.90. The van der Waals surface area contributed by atoms with Crippen LogP contribution in [0.1, 0.15) is 26.2 Å². The summed E-state index contributed by atoms with van der Waals surface area (Å²) in [7, 11) is 0. The molecule has 1 aliphatic carbocycles. The normalized spacial score (nSPS) is 33.0. The SMILES string of the molecule is [CH2]CC1C[CH]C(OCC)C1. The average Bonchev–Trinajstić information content (AvgIpc) is 2.37. The monoisotopic (exact) mass is 140 g/mol. The highest BCUT2D eigenvalue weighted by Gasteiger charge is 2.23. The lowest BCUT2D eigenvalue weighted by atomic mass is 10.1. The lowest BCUT2D eigenvalue weighted by molar-refractivity contribution is 0.0859. The Balaban J connectivity index is 2.15. The van der Waals surface area contributed by atoms with Crippen LogP contribution in [0.15, 0.2) is 0 Å². The van der Waals surface area contributed by atoms with Crippen LogP contribution in [0.5, 0.6) is 0 Å². The maximum atomic E-state index is 5.45. The minimum atomic E-state index is 0.428. The van der Waals surface area contributed by atoms with E-state index in [0.29, 0.717) is 6.10 Å². The molecule has 0 aliphatic heterocycles. The molecule has 10 heavy (non-hydrogen) atoms. The Labute approximate surface area is 63.8 Å². The Morgan fingerprint density at radius 1 is 1.70 bits per heavy atom. The molecule has 0 aromatic rings. The van der Waals surface area contributed by atoms with Gasteiger partial charge in [-0.2, -0.15) is 0 Å². The van der Waals surface area contributed by atoms with Gasteiger partial charge in [0.2, 0.25) is 0 Å². The minimum Gasteiger partial charge on any atom is -0.378 e. The molecular weight excluding hydrogens is 124 g/mol. The van der Waals surface area contributed by atoms with Gasteiger partial charge in [-0.25, -0.2) is 0 Å². The first-order chi connectivity index (χ1) is 4.86. The van der Waals surface area contributed by atoms with Crippen molar-refractivity contribution in [3.8, 4) is 0 Å². The molecule has 1 rings (SSSR count). The predicted molar refractivity (Wildman–Crippen MR) is 42.4 cm³/mol. The fourth-order valence-corrected chi connectivity index (χ4v) is 1.45. The summed E-state index contributed by atoms with van der Waals surface area (Å²) in [6, 6.07) is 0. The van der Waals surface area contributed by atoms with E-state index in [0.717, 1.165) is 18.9 Å². The van der Waals surface area contributed by atoms with Gasteiger partial charge in [-0.15, -0.1) is 0 Å². The first-order valence-corrected chi connectivity index (χ1v) is 4.11. The fraction of sp³-hybridized carbons (Fsp3) is 0.778. The van der Waals surface area contributed by atoms with Gasteiger partial charge in [0.1, 0.15) is 0 Å². The summed E-state index contributed by atoms with van der Waals surface area (Å²) < 4.78 is 5.45. The zero-order valence-corrected chi connectivity index (χ0v) is 6.68. The molecule has 1 heteroatoms. The van der Waals surface area contributed by atoms with Gasteiger partial charge in [0.05, 0.1) is 6.10 Å². The largest absolute Gasteiger partial charge is 0.378 e. The van der Waals surface area contributed by atoms with Crippen molar-refractivity contribution in [2.45, 2.75) is 32.3 Å². The van der Waals surface area contributed by atoms with E-state index < -0.39 is 0 Å². The second kappa shape index (κ2) is 3.97. The van der Waals surface area contributed by atoms with Gasteiger partial charge in [-0.05, 0) is 32.1 Å². The van der Waals surface area contributed by atoms with Crippen LogP contribution in [0.3, 0.4) is 0 Å². The molecule has 1 nitrogen and oxygen atoms in total.